The molecule has 0 aromatic heterocycles. The third-order valence-corrected chi connectivity index (χ3v) is 5.10. The number of nitrogens with one attached hydrogen (secondary N) is 1. The average Bonchev–Trinajstić information content (AvgIpc) is 2.98. The number of benzene rings is 1. The van der Waals surface area contributed by atoms with Crippen LogP contribution in [0.1, 0.15) is 49.3 Å². The Kier molecular flexibility index (Phi) is 5.06. The smallest absolute Gasteiger partial charge is 0.318 e. The van der Waals surface area contributed by atoms with Gasteiger partial charge in [0.05, 0.1) is 13.2 Å². The van der Waals surface area contributed by atoms with Gasteiger partial charge < -0.3 is 20.1 Å². The summed E-state index contributed by atoms with van der Waals surface area (Å²) < 4.78 is 5.42. The van der Waals surface area contributed by atoms with E-state index >= 15 is 0 Å². The molecule has 1 saturated heterocycles. The van der Waals surface area contributed by atoms with E-state index in [0.717, 1.165) is 44.4 Å². The number of methoxy groups -OCH3 is 1. The van der Waals surface area contributed by atoms with Gasteiger partial charge in [-0.25, -0.2) is 4.79 Å². The number of aliphatic hydroxyl groups excluding tert-OH is 1. The zero-order chi connectivity index (χ0) is 16.2. The molecule has 0 spiro atoms. The molecule has 2 N–H and O–H groups in total. The highest BCUT2D eigenvalue weighted by Gasteiger charge is 2.31. The number of fused-ring (bicyclic) bond motifs is 1. The maximum Gasteiger partial charge on any atom is 0.318 e. The molecule has 1 aromatic rings. The lowest BCUT2D eigenvalue weighted by molar-refractivity contribution is 0.129. The number of urea groups is 1. The van der Waals surface area contributed by atoms with Crippen LogP contribution >= 0.6 is 0 Å². The summed E-state index contributed by atoms with van der Waals surface area (Å²) in [6.07, 6.45) is 5.69. The molecule has 5 heteroatoms. The molecule has 2 amide bonds. The van der Waals surface area contributed by atoms with Crippen molar-refractivity contribution < 1.29 is 14.6 Å². The van der Waals surface area contributed by atoms with E-state index in [0.29, 0.717) is 6.42 Å². The third-order valence-electron chi connectivity index (χ3n) is 5.10. The normalized spacial score (nSPS) is 23.5. The van der Waals surface area contributed by atoms with Gasteiger partial charge in [0.15, 0.2) is 0 Å². The Morgan fingerprint density at radius 2 is 2.26 bits per heavy atom. The fraction of sp³-hybridized carbons (Fsp3) is 0.611. The molecule has 5 nitrogen and oxygen atoms in total. The summed E-state index contributed by atoms with van der Waals surface area (Å²) in [5.74, 6) is 0.912. The van der Waals surface area contributed by atoms with Gasteiger partial charge in [0.25, 0.3) is 0 Å². The molecule has 2 aliphatic rings. The number of piperidine rings is 1. The van der Waals surface area contributed by atoms with Crippen molar-refractivity contribution in [3.05, 3.63) is 29.3 Å². The Bertz CT molecular complexity index is 559. The highest BCUT2D eigenvalue weighted by atomic mass is 16.5. The van der Waals surface area contributed by atoms with E-state index in [1.54, 1.807) is 7.11 Å². The van der Waals surface area contributed by atoms with Gasteiger partial charge >= 0.3 is 6.03 Å². The number of hydrogen-bond acceptors (Lipinski definition) is 3. The van der Waals surface area contributed by atoms with Crippen molar-refractivity contribution >= 4 is 6.03 Å². The van der Waals surface area contributed by atoms with Crippen molar-refractivity contribution in [3.8, 4) is 5.75 Å². The third kappa shape index (κ3) is 3.29. The summed E-state index contributed by atoms with van der Waals surface area (Å²) in [7, 11) is 1.69. The van der Waals surface area contributed by atoms with Gasteiger partial charge in [-0.05, 0) is 55.7 Å². The summed E-state index contributed by atoms with van der Waals surface area (Å²) >= 11 is 0. The van der Waals surface area contributed by atoms with Crippen molar-refractivity contribution in [1.82, 2.24) is 10.2 Å². The first kappa shape index (κ1) is 16.1. The largest absolute Gasteiger partial charge is 0.496 e. The lowest BCUT2D eigenvalue weighted by Crippen LogP contribution is -2.49. The fourth-order valence-electron chi connectivity index (χ4n) is 3.91. The van der Waals surface area contributed by atoms with Gasteiger partial charge in [0.2, 0.25) is 0 Å². The number of carbonyl (C=O) groups is 1. The summed E-state index contributed by atoms with van der Waals surface area (Å²) in [6.45, 7) is 0.923. The first-order valence-corrected chi connectivity index (χ1v) is 8.58. The van der Waals surface area contributed by atoms with Crippen LogP contribution in [-0.4, -0.2) is 42.3 Å². The van der Waals surface area contributed by atoms with Crippen molar-refractivity contribution in [1.29, 1.82) is 0 Å². The number of hydrogen-bond donors (Lipinski definition) is 2. The number of amides is 2. The summed E-state index contributed by atoms with van der Waals surface area (Å²) in [5.41, 5.74) is 2.39. The first-order valence-electron chi connectivity index (χ1n) is 8.58. The summed E-state index contributed by atoms with van der Waals surface area (Å²) in [6, 6.07) is 6.27. The molecule has 1 heterocycles. The van der Waals surface area contributed by atoms with Gasteiger partial charge in [0.1, 0.15) is 5.75 Å². The number of carbonyl (C=O) groups excluding carboxylic acids is 1. The molecule has 126 valence electrons. The SMILES string of the molecule is COc1cccc2c1CCC2NC(=O)N1CCCCC1CCO. The van der Waals surface area contributed by atoms with Gasteiger partial charge in [-0.3, -0.25) is 0 Å². The van der Waals surface area contributed by atoms with Crippen molar-refractivity contribution in [2.75, 3.05) is 20.3 Å². The lowest BCUT2D eigenvalue weighted by atomic mass is 10.00. The second kappa shape index (κ2) is 7.21. The molecule has 3 rings (SSSR count). The van der Waals surface area contributed by atoms with Crippen molar-refractivity contribution in [2.24, 2.45) is 0 Å². The molecular formula is C18H26N2O3. The quantitative estimate of drug-likeness (QED) is 0.897. The highest BCUT2D eigenvalue weighted by molar-refractivity contribution is 5.75. The Hall–Kier alpha value is -1.75. The minimum atomic E-state index is 0.00354. The van der Waals surface area contributed by atoms with Crippen LogP contribution in [0.5, 0.6) is 5.75 Å². The lowest BCUT2D eigenvalue weighted by Gasteiger charge is -2.36. The molecule has 0 radical (unpaired) electrons. The summed E-state index contributed by atoms with van der Waals surface area (Å²) in [4.78, 5) is 14.6. The first-order chi connectivity index (χ1) is 11.2. The second-order valence-electron chi connectivity index (χ2n) is 6.42. The molecule has 1 aliphatic carbocycles. The summed E-state index contributed by atoms with van der Waals surface area (Å²) in [5, 5.41) is 12.4. The molecule has 1 aliphatic heterocycles. The van der Waals surface area contributed by atoms with E-state index in [4.69, 9.17) is 4.74 Å². The maximum atomic E-state index is 12.7. The van der Waals surface area contributed by atoms with Crippen LogP contribution in [-0.2, 0) is 6.42 Å². The van der Waals surface area contributed by atoms with E-state index in [9.17, 15) is 9.90 Å². The van der Waals surface area contributed by atoms with Crippen LogP contribution in [0.3, 0.4) is 0 Å². The molecule has 2 unspecified atom stereocenters. The van der Waals surface area contributed by atoms with E-state index in [-0.39, 0.29) is 24.7 Å². The van der Waals surface area contributed by atoms with Crippen LogP contribution in [0.15, 0.2) is 18.2 Å². The maximum absolute atomic E-state index is 12.7. The topological polar surface area (TPSA) is 61.8 Å². The molecule has 1 aromatic carbocycles. The fourth-order valence-corrected chi connectivity index (χ4v) is 3.91. The van der Waals surface area contributed by atoms with Crippen molar-refractivity contribution in [3.63, 3.8) is 0 Å². The van der Waals surface area contributed by atoms with E-state index in [1.165, 1.54) is 11.1 Å². The molecule has 0 bridgehead atoms. The number of rotatable bonds is 4. The Labute approximate surface area is 137 Å². The molecule has 0 saturated carbocycles. The highest BCUT2D eigenvalue weighted by Crippen LogP contribution is 2.37. The minimum absolute atomic E-state index is 0.00354. The Balaban J connectivity index is 1.70. The standard InChI is InChI=1S/C18H26N2O3/c1-23-17-7-4-6-14-15(17)8-9-16(14)19-18(22)20-11-3-2-5-13(20)10-12-21/h4,6-7,13,16,21H,2-3,5,8-12H2,1H3,(H,19,22). The van der Waals surface area contributed by atoms with Gasteiger partial charge in [-0.15, -0.1) is 0 Å². The number of likely N-dealkylation sites (tertiary alicyclic amines) is 1. The van der Waals surface area contributed by atoms with Crippen molar-refractivity contribution in [2.45, 2.75) is 50.6 Å². The Morgan fingerprint density at radius 3 is 3.04 bits per heavy atom. The van der Waals surface area contributed by atoms with Gasteiger partial charge in [0, 0.05) is 19.2 Å². The van der Waals surface area contributed by atoms with Crippen LogP contribution < -0.4 is 10.1 Å². The van der Waals surface area contributed by atoms with E-state index < -0.39 is 0 Å². The van der Waals surface area contributed by atoms with E-state index in [2.05, 4.69) is 11.4 Å². The van der Waals surface area contributed by atoms with Gasteiger partial charge in [-0.1, -0.05) is 12.1 Å². The molecular weight excluding hydrogens is 292 g/mol. The number of aliphatic hydroxyl groups is 1. The minimum Gasteiger partial charge on any atom is -0.496 e. The predicted molar refractivity (Wildman–Crippen MR) is 88.6 cm³/mol. The predicted octanol–water partition coefficient (Wildman–Crippen LogP) is 2.63. The number of ether oxygens (including phenoxy) is 1. The van der Waals surface area contributed by atoms with Crippen LogP contribution in [0.25, 0.3) is 0 Å². The molecule has 1 fully saturated rings. The van der Waals surface area contributed by atoms with Crippen LogP contribution in [0.2, 0.25) is 0 Å². The second-order valence-corrected chi connectivity index (χ2v) is 6.42. The average molecular weight is 318 g/mol. The monoisotopic (exact) mass is 318 g/mol. The van der Waals surface area contributed by atoms with Crippen LogP contribution in [0, 0.1) is 0 Å². The number of nitrogens with zero attached hydrogens (tertiary/aromatic N) is 1. The zero-order valence-electron chi connectivity index (χ0n) is 13.8. The Morgan fingerprint density at radius 1 is 1.39 bits per heavy atom. The zero-order valence-corrected chi connectivity index (χ0v) is 13.8. The van der Waals surface area contributed by atoms with Gasteiger partial charge in [-0.2, -0.15) is 0 Å². The van der Waals surface area contributed by atoms with Crippen LogP contribution in [0.4, 0.5) is 4.79 Å². The molecule has 2 atom stereocenters. The molecule has 23 heavy (non-hydrogen) atoms. The van der Waals surface area contributed by atoms with E-state index in [1.807, 2.05) is 17.0 Å².